The molecule has 228 valence electrons. The molecule has 3 aromatic carbocycles. The van der Waals surface area contributed by atoms with Crippen LogP contribution in [0.4, 0.5) is 5.82 Å². The van der Waals surface area contributed by atoms with E-state index in [2.05, 4.69) is 15.0 Å². The minimum atomic E-state index is -1.02. The number of aliphatic hydroxyl groups is 1. The second-order valence-electron chi connectivity index (χ2n) is 11.8. The summed E-state index contributed by atoms with van der Waals surface area (Å²) >= 11 is 0. The lowest BCUT2D eigenvalue weighted by Gasteiger charge is -2.37. The lowest BCUT2D eigenvalue weighted by molar-refractivity contribution is -0.0931. The summed E-state index contributed by atoms with van der Waals surface area (Å²) in [5.41, 5.74) is 3.10. The Kier molecular flexibility index (Phi) is 8.08. The number of aromatic nitrogens is 4. The number of aliphatic hydroxyl groups excluding tert-OH is 1. The van der Waals surface area contributed by atoms with Crippen molar-refractivity contribution in [2.45, 2.75) is 30.5 Å². The number of quaternary nitrogens is 1. The Bertz CT molecular complexity index is 1650. The molecule has 44 heavy (non-hydrogen) atoms. The zero-order valence-corrected chi connectivity index (χ0v) is 25.6. The van der Waals surface area contributed by atoms with Crippen LogP contribution in [0.3, 0.4) is 0 Å². The Hall–Kier alpha value is -4.35. The molecule has 3 heterocycles. The molecule has 5 aromatic rings. The van der Waals surface area contributed by atoms with Crippen molar-refractivity contribution in [2.24, 2.45) is 0 Å². The van der Waals surface area contributed by atoms with Crippen molar-refractivity contribution in [1.82, 2.24) is 24.0 Å². The molecule has 0 radical (unpaired) electrons. The monoisotopic (exact) mass is 596 g/mol. The zero-order valence-electron chi connectivity index (χ0n) is 25.6. The van der Waals surface area contributed by atoms with Crippen LogP contribution in [-0.4, -0.2) is 78.8 Å². The first kappa shape index (κ1) is 29.7. The van der Waals surface area contributed by atoms with Crippen LogP contribution in [0.15, 0.2) is 91.5 Å². The molecule has 1 N–H and O–H groups in total. The molecule has 2 aromatic heterocycles. The molecule has 1 saturated heterocycles. The molecule has 0 unspecified atom stereocenters. The summed E-state index contributed by atoms with van der Waals surface area (Å²) in [6.45, 7) is 0.121. The van der Waals surface area contributed by atoms with Gasteiger partial charge in [-0.05, 0) is 41.0 Å². The van der Waals surface area contributed by atoms with Gasteiger partial charge in [-0.15, -0.1) is 0 Å². The first-order valence-corrected chi connectivity index (χ1v) is 14.6. The van der Waals surface area contributed by atoms with Gasteiger partial charge < -0.3 is 24.1 Å². The molecule has 0 bridgehead atoms. The number of methoxy groups -OCH3 is 2. The van der Waals surface area contributed by atoms with Crippen LogP contribution < -0.4 is 14.0 Å². The summed E-state index contributed by atoms with van der Waals surface area (Å²) in [6.07, 6.45) is 1.79. The fourth-order valence-corrected chi connectivity index (χ4v) is 5.86. The summed E-state index contributed by atoms with van der Waals surface area (Å²) in [7, 11) is 9.40. The molecule has 1 aliphatic rings. The van der Waals surface area contributed by atoms with Gasteiger partial charge in [0.05, 0.1) is 54.4 Å². The highest BCUT2D eigenvalue weighted by atomic mass is 16.6. The molecule has 0 saturated carbocycles. The fourth-order valence-electron chi connectivity index (χ4n) is 5.86. The van der Waals surface area contributed by atoms with Crippen LogP contribution in [0.2, 0.25) is 0 Å². The van der Waals surface area contributed by atoms with Crippen molar-refractivity contribution < 1.29 is 24.1 Å². The van der Waals surface area contributed by atoms with Crippen molar-refractivity contribution in [1.29, 1.82) is 0 Å². The van der Waals surface area contributed by atoms with E-state index in [0.29, 0.717) is 22.1 Å². The van der Waals surface area contributed by atoms with Gasteiger partial charge in [-0.3, -0.25) is 9.05 Å². The van der Waals surface area contributed by atoms with E-state index in [9.17, 15) is 5.11 Å². The lowest BCUT2D eigenvalue weighted by atomic mass is 9.80. The largest absolute Gasteiger partial charge is 0.497 e. The molecule has 1 fully saturated rings. The molecular formula is C34H38N5O5+. The number of benzene rings is 3. The summed E-state index contributed by atoms with van der Waals surface area (Å²) in [5.74, 6) is 2.29. The Balaban J connectivity index is 1.35. The zero-order chi connectivity index (χ0) is 30.9. The molecule has 0 amide bonds. The molecule has 0 aliphatic carbocycles. The van der Waals surface area contributed by atoms with Crippen molar-refractivity contribution in [2.75, 3.05) is 42.0 Å². The Morgan fingerprint density at radius 3 is 2.00 bits per heavy atom. The summed E-state index contributed by atoms with van der Waals surface area (Å²) in [6, 6.07) is 25.8. The van der Waals surface area contributed by atoms with Gasteiger partial charge in [-0.25, -0.2) is 9.97 Å². The number of hydrogen-bond donors (Lipinski definition) is 1. The molecule has 0 spiro atoms. The molecule has 1 aliphatic heterocycles. The predicted molar refractivity (Wildman–Crippen MR) is 168 cm³/mol. The third-order valence-corrected chi connectivity index (χ3v) is 8.13. The minimum absolute atomic E-state index is 0.121. The van der Waals surface area contributed by atoms with E-state index in [4.69, 9.17) is 18.9 Å². The Labute approximate surface area is 257 Å². The van der Waals surface area contributed by atoms with E-state index in [-0.39, 0.29) is 6.61 Å². The van der Waals surface area contributed by atoms with Gasteiger partial charge in [0.2, 0.25) is 0 Å². The van der Waals surface area contributed by atoms with Gasteiger partial charge in [0, 0.05) is 6.42 Å². The van der Waals surface area contributed by atoms with Gasteiger partial charge in [-0.1, -0.05) is 54.6 Å². The number of imidazole rings is 1. The highest BCUT2D eigenvalue weighted by molar-refractivity contribution is 5.81. The smallest absolute Gasteiger partial charge is 0.258 e. The van der Waals surface area contributed by atoms with E-state index in [1.165, 1.54) is 0 Å². The quantitative estimate of drug-likeness (QED) is 0.183. The molecular weight excluding hydrogens is 558 g/mol. The molecule has 6 rings (SSSR count). The highest BCUT2D eigenvalue weighted by Crippen LogP contribution is 2.43. The van der Waals surface area contributed by atoms with Gasteiger partial charge in [-0.2, -0.15) is 4.98 Å². The van der Waals surface area contributed by atoms with Gasteiger partial charge >= 0.3 is 0 Å². The SMILES string of the molecule is COc1ccc(C(OC[C@H]2O[C@@H](n3cnc4c([N+](C)(C)C)ncnc43)C[C@@H]2O)(c2ccccc2)c2ccc(OC)cc2)cc1. The van der Waals surface area contributed by atoms with Crippen LogP contribution in [0.5, 0.6) is 11.5 Å². The second kappa shape index (κ2) is 12.0. The van der Waals surface area contributed by atoms with Crippen LogP contribution >= 0.6 is 0 Å². The number of hydrogen-bond acceptors (Lipinski definition) is 8. The molecule has 10 heteroatoms. The maximum Gasteiger partial charge on any atom is 0.258 e. The second-order valence-corrected chi connectivity index (χ2v) is 11.8. The summed E-state index contributed by atoms with van der Waals surface area (Å²) < 4.78 is 26.7. The van der Waals surface area contributed by atoms with Crippen LogP contribution in [0.1, 0.15) is 29.3 Å². The normalized spacial score (nSPS) is 18.9. The van der Waals surface area contributed by atoms with Gasteiger partial charge in [0.25, 0.3) is 5.82 Å². The van der Waals surface area contributed by atoms with Crippen molar-refractivity contribution in [3.05, 3.63) is 108 Å². The molecule has 10 nitrogen and oxygen atoms in total. The predicted octanol–water partition coefficient (Wildman–Crippen LogP) is 4.70. The highest BCUT2D eigenvalue weighted by Gasteiger charge is 2.42. The maximum absolute atomic E-state index is 11.3. The summed E-state index contributed by atoms with van der Waals surface area (Å²) in [4.78, 5) is 13.6. The topological polar surface area (TPSA) is 101 Å². The Morgan fingerprint density at radius 2 is 1.43 bits per heavy atom. The number of ether oxygens (including phenoxy) is 4. The van der Waals surface area contributed by atoms with Crippen molar-refractivity contribution in [3.63, 3.8) is 0 Å². The third kappa shape index (κ3) is 5.41. The fraction of sp³-hybridized carbons (Fsp3) is 0.324. The third-order valence-electron chi connectivity index (χ3n) is 8.13. The maximum atomic E-state index is 11.3. The average molecular weight is 597 g/mol. The lowest BCUT2D eigenvalue weighted by Crippen LogP contribution is -2.38. The Morgan fingerprint density at radius 1 is 0.841 bits per heavy atom. The molecule has 3 atom stereocenters. The van der Waals surface area contributed by atoms with Crippen LogP contribution in [0.25, 0.3) is 11.2 Å². The van der Waals surface area contributed by atoms with Crippen LogP contribution in [-0.2, 0) is 15.1 Å². The minimum Gasteiger partial charge on any atom is -0.497 e. The number of nitrogens with zero attached hydrogens (tertiary/aromatic N) is 5. The standard InChI is InChI=1S/C34H38N5O5/c1-39(2,3)33-31-32(35-21-36-33)38(22-37-31)30-19-28(40)29(44-30)20-43-34(23-9-7-6-8-10-23,24-11-15-26(41-4)16-12-24)25-13-17-27(42-5)18-14-25/h6-18,21-22,28-30,40H,19-20H2,1-5H3/q+1/t28-,29+,30+/m0/s1. The van der Waals surface area contributed by atoms with Crippen LogP contribution in [0, 0.1) is 0 Å². The first-order valence-electron chi connectivity index (χ1n) is 14.6. The van der Waals surface area contributed by atoms with Gasteiger partial charge in [0.15, 0.2) is 11.2 Å². The van der Waals surface area contributed by atoms with E-state index in [0.717, 1.165) is 34.0 Å². The van der Waals surface area contributed by atoms with E-state index in [1.807, 2.05) is 105 Å². The number of rotatable bonds is 10. The average Bonchev–Trinajstić information content (AvgIpc) is 3.65. The van der Waals surface area contributed by atoms with E-state index in [1.54, 1.807) is 26.9 Å². The van der Waals surface area contributed by atoms with Gasteiger partial charge in [0.1, 0.15) is 35.8 Å². The first-order chi connectivity index (χ1) is 21.2. The van der Waals surface area contributed by atoms with E-state index < -0.39 is 24.0 Å². The number of fused-ring (bicyclic) bond motifs is 1. The van der Waals surface area contributed by atoms with Crippen molar-refractivity contribution >= 4 is 17.0 Å². The van der Waals surface area contributed by atoms with E-state index >= 15 is 0 Å². The summed E-state index contributed by atoms with van der Waals surface area (Å²) in [5, 5.41) is 11.3. The van der Waals surface area contributed by atoms with Crippen molar-refractivity contribution in [3.8, 4) is 11.5 Å².